The van der Waals surface area contributed by atoms with Gasteiger partial charge in [0.1, 0.15) is 5.82 Å². The molecule has 2 aromatic carbocycles. The Balaban J connectivity index is 2.21. The van der Waals surface area contributed by atoms with E-state index in [1.807, 2.05) is 24.3 Å². The van der Waals surface area contributed by atoms with Crippen LogP contribution in [0.2, 0.25) is 0 Å². The minimum Gasteiger partial charge on any atom is -0.306 e. The Morgan fingerprint density at radius 3 is 2.61 bits per heavy atom. The molecule has 0 bridgehead atoms. The third-order valence-corrected chi connectivity index (χ3v) is 3.78. The average Bonchev–Trinajstić information content (AvgIpc) is 2.53. The Hall–Kier alpha value is -2.47. The fraction of sp³-hybridized carbons (Fsp3) is 0.167. The van der Waals surface area contributed by atoms with Crippen molar-refractivity contribution >= 4 is 11.1 Å². The van der Waals surface area contributed by atoms with Crippen LogP contribution in [0.3, 0.4) is 0 Å². The van der Waals surface area contributed by atoms with Crippen LogP contribution in [0.4, 0.5) is 4.39 Å². The standard InChI is InChI=1S/C18H14FNO2S/c19-18-13-14(6-8-17(18)10-12-23(21)22)5-7-15-3-1-2-4-16(15)9-11-20/h1-4,6,8,13H,9-10,12H2,(H,21,22). The number of benzene rings is 2. The van der Waals surface area contributed by atoms with E-state index in [1.54, 1.807) is 12.1 Å². The second kappa shape index (κ2) is 8.24. The lowest BCUT2D eigenvalue weighted by molar-refractivity contribution is 0.562. The van der Waals surface area contributed by atoms with Gasteiger partial charge in [-0.3, -0.25) is 0 Å². The number of halogens is 1. The van der Waals surface area contributed by atoms with Crippen LogP contribution < -0.4 is 0 Å². The topological polar surface area (TPSA) is 61.1 Å². The fourth-order valence-electron chi connectivity index (χ4n) is 2.05. The summed E-state index contributed by atoms with van der Waals surface area (Å²) < 4.78 is 33.3. The number of hydrogen-bond acceptors (Lipinski definition) is 2. The van der Waals surface area contributed by atoms with E-state index in [2.05, 4.69) is 17.9 Å². The first-order chi connectivity index (χ1) is 11.1. The molecule has 0 aromatic heterocycles. The summed E-state index contributed by atoms with van der Waals surface area (Å²) in [4.78, 5) is 0. The maximum absolute atomic E-state index is 13.9. The maximum Gasteiger partial charge on any atom is 0.153 e. The number of aryl methyl sites for hydroxylation is 1. The Kier molecular flexibility index (Phi) is 6.05. The van der Waals surface area contributed by atoms with E-state index in [-0.39, 0.29) is 18.6 Å². The summed E-state index contributed by atoms with van der Waals surface area (Å²) >= 11 is -1.93. The van der Waals surface area contributed by atoms with Crippen molar-refractivity contribution in [2.24, 2.45) is 0 Å². The van der Waals surface area contributed by atoms with E-state index < -0.39 is 16.9 Å². The van der Waals surface area contributed by atoms with E-state index in [9.17, 15) is 8.60 Å². The summed E-state index contributed by atoms with van der Waals surface area (Å²) in [6, 6.07) is 14.0. The lowest BCUT2D eigenvalue weighted by Gasteiger charge is -2.02. The first-order valence-electron chi connectivity index (χ1n) is 6.93. The Bertz CT molecular complexity index is 831. The Morgan fingerprint density at radius 1 is 1.13 bits per heavy atom. The molecule has 0 fully saturated rings. The van der Waals surface area contributed by atoms with Gasteiger partial charge in [0.2, 0.25) is 0 Å². The van der Waals surface area contributed by atoms with Crippen molar-refractivity contribution in [2.45, 2.75) is 12.8 Å². The van der Waals surface area contributed by atoms with Gasteiger partial charge in [-0.05, 0) is 35.7 Å². The minimum atomic E-state index is -1.93. The van der Waals surface area contributed by atoms with Crippen LogP contribution in [0.25, 0.3) is 0 Å². The summed E-state index contributed by atoms with van der Waals surface area (Å²) in [5.74, 6) is 5.40. The molecular formula is C18H14FNO2S. The number of nitrogens with zero attached hydrogens (tertiary/aromatic N) is 1. The van der Waals surface area contributed by atoms with Crippen LogP contribution in [-0.4, -0.2) is 14.5 Å². The average molecular weight is 327 g/mol. The molecule has 0 spiro atoms. The molecule has 5 heteroatoms. The summed E-state index contributed by atoms with van der Waals surface area (Å²) in [6.45, 7) is 0. The van der Waals surface area contributed by atoms with Gasteiger partial charge >= 0.3 is 0 Å². The molecule has 3 nitrogen and oxygen atoms in total. The predicted molar refractivity (Wildman–Crippen MR) is 87.5 cm³/mol. The smallest absolute Gasteiger partial charge is 0.153 e. The van der Waals surface area contributed by atoms with Gasteiger partial charge in [-0.2, -0.15) is 5.26 Å². The first kappa shape index (κ1) is 16.9. The van der Waals surface area contributed by atoms with Crippen molar-refractivity contribution in [1.29, 1.82) is 5.26 Å². The third-order valence-electron chi connectivity index (χ3n) is 3.23. The molecule has 0 aliphatic heterocycles. The fourth-order valence-corrected chi connectivity index (χ4v) is 2.44. The summed E-state index contributed by atoms with van der Waals surface area (Å²) in [6.07, 6.45) is 0.476. The lowest BCUT2D eigenvalue weighted by atomic mass is 10.0. The molecule has 23 heavy (non-hydrogen) atoms. The maximum atomic E-state index is 13.9. The van der Waals surface area contributed by atoms with E-state index in [0.29, 0.717) is 11.1 Å². The Labute approximate surface area is 137 Å². The number of hydrogen-bond donors (Lipinski definition) is 1. The summed E-state index contributed by atoms with van der Waals surface area (Å²) in [5.41, 5.74) is 2.49. The predicted octanol–water partition coefficient (Wildman–Crippen LogP) is 3.06. The molecule has 1 unspecified atom stereocenters. The van der Waals surface area contributed by atoms with Gasteiger partial charge in [0, 0.05) is 11.1 Å². The normalized spacial score (nSPS) is 11.2. The molecule has 1 N–H and O–H groups in total. The molecule has 2 aromatic rings. The van der Waals surface area contributed by atoms with E-state index in [4.69, 9.17) is 9.81 Å². The van der Waals surface area contributed by atoms with Gasteiger partial charge in [0.15, 0.2) is 11.1 Å². The van der Waals surface area contributed by atoms with Crippen molar-refractivity contribution in [3.8, 4) is 17.9 Å². The van der Waals surface area contributed by atoms with Gasteiger partial charge < -0.3 is 4.55 Å². The second-order valence-corrected chi connectivity index (χ2v) is 5.88. The minimum absolute atomic E-state index is 0.00345. The van der Waals surface area contributed by atoms with Crippen molar-refractivity contribution in [1.82, 2.24) is 0 Å². The van der Waals surface area contributed by atoms with Crippen molar-refractivity contribution in [3.63, 3.8) is 0 Å². The third kappa shape index (κ3) is 5.03. The van der Waals surface area contributed by atoms with Gasteiger partial charge in [-0.1, -0.05) is 36.1 Å². The first-order valence-corrected chi connectivity index (χ1v) is 8.20. The lowest BCUT2D eigenvalue weighted by Crippen LogP contribution is -2.01. The quantitative estimate of drug-likeness (QED) is 0.693. The van der Waals surface area contributed by atoms with Gasteiger partial charge in [0.05, 0.1) is 18.2 Å². The van der Waals surface area contributed by atoms with E-state index >= 15 is 0 Å². The van der Waals surface area contributed by atoms with Crippen molar-refractivity contribution in [3.05, 3.63) is 70.5 Å². The van der Waals surface area contributed by atoms with Crippen LogP contribution in [0.1, 0.15) is 22.3 Å². The van der Waals surface area contributed by atoms with Gasteiger partial charge in [-0.15, -0.1) is 0 Å². The summed E-state index contributed by atoms with van der Waals surface area (Å²) in [7, 11) is 0. The molecular weight excluding hydrogens is 313 g/mol. The molecule has 0 saturated carbocycles. The van der Waals surface area contributed by atoms with Crippen LogP contribution in [0.5, 0.6) is 0 Å². The van der Waals surface area contributed by atoms with Gasteiger partial charge in [0.25, 0.3) is 0 Å². The highest BCUT2D eigenvalue weighted by atomic mass is 32.2. The van der Waals surface area contributed by atoms with Crippen LogP contribution in [0.15, 0.2) is 42.5 Å². The highest BCUT2D eigenvalue weighted by Gasteiger charge is 2.04. The monoisotopic (exact) mass is 327 g/mol. The van der Waals surface area contributed by atoms with Crippen molar-refractivity contribution < 1.29 is 13.2 Å². The molecule has 0 aliphatic rings. The molecule has 0 aliphatic carbocycles. The molecule has 0 heterocycles. The van der Waals surface area contributed by atoms with E-state index in [0.717, 1.165) is 11.1 Å². The zero-order chi connectivity index (χ0) is 16.7. The largest absolute Gasteiger partial charge is 0.306 e. The molecule has 1 atom stereocenters. The zero-order valence-electron chi connectivity index (χ0n) is 12.3. The highest BCUT2D eigenvalue weighted by Crippen LogP contribution is 2.12. The second-order valence-electron chi connectivity index (χ2n) is 4.82. The van der Waals surface area contributed by atoms with Crippen LogP contribution >= 0.6 is 0 Å². The molecule has 2 rings (SSSR count). The molecule has 0 amide bonds. The zero-order valence-corrected chi connectivity index (χ0v) is 13.1. The molecule has 0 radical (unpaired) electrons. The molecule has 0 saturated heterocycles. The van der Waals surface area contributed by atoms with Gasteiger partial charge in [-0.25, -0.2) is 8.60 Å². The molecule has 116 valence electrons. The summed E-state index contributed by atoms with van der Waals surface area (Å²) in [5, 5.41) is 8.80. The van der Waals surface area contributed by atoms with Crippen molar-refractivity contribution in [2.75, 3.05) is 5.75 Å². The van der Waals surface area contributed by atoms with Crippen LogP contribution in [0, 0.1) is 29.0 Å². The van der Waals surface area contributed by atoms with Crippen LogP contribution in [-0.2, 0) is 23.9 Å². The highest BCUT2D eigenvalue weighted by molar-refractivity contribution is 7.79. The van der Waals surface area contributed by atoms with E-state index in [1.165, 1.54) is 6.07 Å². The number of rotatable bonds is 4. The SMILES string of the molecule is N#CCc1ccccc1C#Cc1ccc(CCS(=O)O)c(F)c1. The number of nitriles is 1. The Morgan fingerprint density at radius 2 is 1.91 bits per heavy atom.